The predicted molar refractivity (Wildman–Crippen MR) is 77.9 cm³/mol. The number of benzene rings is 1. The van der Waals surface area contributed by atoms with E-state index in [0.29, 0.717) is 37.9 Å². The van der Waals surface area contributed by atoms with Gasteiger partial charge in [0.05, 0.1) is 24.3 Å². The highest BCUT2D eigenvalue weighted by molar-refractivity contribution is 9.10. The number of methoxy groups -OCH3 is 1. The van der Waals surface area contributed by atoms with Crippen LogP contribution >= 0.6 is 15.9 Å². The van der Waals surface area contributed by atoms with Crippen LogP contribution in [0.3, 0.4) is 0 Å². The number of amides is 1. The summed E-state index contributed by atoms with van der Waals surface area (Å²) >= 11 is 3.41. The third kappa shape index (κ3) is 3.49. The van der Waals surface area contributed by atoms with Crippen LogP contribution in [0, 0.1) is 0 Å². The molecule has 3 N–H and O–H groups in total. The highest BCUT2D eigenvalue weighted by atomic mass is 79.9. The normalized spacial score (nSPS) is 16.9. The van der Waals surface area contributed by atoms with E-state index >= 15 is 0 Å². The van der Waals surface area contributed by atoms with Gasteiger partial charge in [-0.25, -0.2) is 0 Å². The zero-order chi connectivity index (χ0) is 14.5. The number of carbonyl (C=O) groups excluding carboxylic acids is 1. The first-order valence-corrected chi connectivity index (χ1v) is 7.02. The van der Waals surface area contributed by atoms with Crippen LogP contribution in [0.2, 0.25) is 0 Å². The van der Waals surface area contributed by atoms with Crippen molar-refractivity contribution in [1.82, 2.24) is 0 Å². The van der Waals surface area contributed by atoms with Crippen LogP contribution in [0.1, 0.15) is 11.6 Å². The van der Waals surface area contributed by atoms with Gasteiger partial charge >= 0.3 is 0 Å². The Balaban J connectivity index is 1.90. The van der Waals surface area contributed by atoms with Gasteiger partial charge in [-0.15, -0.1) is 0 Å². The lowest BCUT2D eigenvalue weighted by Crippen LogP contribution is -2.19. The number of halogens is 1. The van der Waals surface area contributed by atoms with Gasteiger partial charge in [0, 0.05) is 24.4 Å². The lowest BCUT2D eigenvalue weighted by Gasteiger charge is -2.11. The molecule has 1 aromatic carbocycles. The van der Waals surface area contributed by atoms with Crippen LogP contribution in [0.5, 0.6) is 5.75 Å². The number of hydrogen-bond donors (Lipinski definition) is 2. The van der Waals surface area contributed by atoms with E-state index in [1.54, 1.807) is 19.2 Å². The quantitative estimate of drug-likeness (QED) is 0.731. The maximum Gasteiger partial charge on any atom is 0.245 e. The molecule has 1 aromatic rings. The number of hydrogen-bond acceptors (Lipinski definition) is 5. The number of nitrogens with two attached hydrogens (primary N) is 1. The van der Waals surface area contributed by atoms with E-state index in [9.17, 15) is 4.79 Å². The molecule has 7 heteroatoms. The van der Waals surface area contributed by atoms with E-state index in [4.69, 9.17) is 19.9 Å². The molecule has 1 aliphatic rings. The van der Waals surface area contributed by atoms with E-state index in [0.717, 1.165) is 10.0 Å². The fourth-order valence-corrected chi connectivity index (χ4v) is 2.33. The highest BCUT2D eigenvalue weighted by Gasteiger charge is 2.28. The van der Waals surface area contributed by atoms with Crippen LogP contribution < -0.4 is 15.8 Å². The Hall–Kier alpha value is -1.15. The highest BCUT2D eigenvalue weighted by Crippen LogP contribution is 2.37. The van der Waals surface area contributed by atoms with Gasteiger partial charge in [-0.3, -0.25) is 4.79 Å². The number of carbonyl (C=O) groups is 1. The summed E-state index contributed by atoms with van der Waals surface area (Å²) in [6.45, 7) is 1.99. The summed E-state index contributed by atoms with van der Waals surface area (Å²) in [6, 6.07) is 2.95. The van der Waals surface area contributed by atoms with Crippen molar-refractivity contribution in [2.45, 2.75) is 6.04 Å². The average Bonchev–Trinajstić information content (AvgIpc) is 2.69. The van der Waals surface area contributed by atoms with Gasteiger partial charge in [-0.1, -0.05) is 0 Å². The summed E-state index contributed by atoms with van der Waals surface area (Å²) in [5, 5.41) is 2.72. The van der Waals surface area contributed by atoms with Crippen molar-refractivity contribution >= 4 is 27.5 Å². The monoisotopic (exact) mass is 344 g/mol. The zero-order valence-corrected chi connectivity index (χ0v) is 12.7. The summed E-state index contributed by atoms with van der Waals surface area (Å²) in [4.78, 5) is 11.5. The van der Waals surface area contributed by atoms with Crippen molar-refractivity contribution in [2.24, 2.45) is 5.73 Å². The van der Waals surface area contributed by atoms with Gasteiger partial charge in [0.25, 0.3) is 0 Å². The molecule has 2 rings (SSSR count). The molecule has 0 bridgehead atoms. The van der Waals surface area contributed by atoms with Gasteiger partial charge in [0.2, 0.25) is 5.91 Å². The minimum atomic E-state index is -0.618. The molecule has 0 aromatic heterocycles. The molecule has 1 heterocycles. The second-order valence-electron chi connectivity index (χ2n) is 4.29. The van der Waals surface area contributed by atoms with Crippen LogP contribution in [0.4, 0.5) is 5.69 Å². The van der Waals surface area contributed by atoms with Gasteiger partial charge in [0.15, 0.2) is 0 Å². The second-order valence-corrected chi connectivity index (χ2v) is 5.14. The Bertz CT molecular complexity index is 496. The topological polar surface area (TPSA) is 82.8 Å². The van der Waals surface area contributed by atoms with Crippen molar-refractivity contribution in [1.29, 1.82) is 0 Å². The first-order chi connectivity index (χ1) is 9.63. The van der Waals surface area contributed by atoms with E-state index in [1.807, 2.05) is 0 Å². The van der Waals surface area contributed by atoms with E-state index in [2.05, 4.69) is 21.2 Å². The molecule has 1 atom stereocenters. The minimum absolute atomic E-state index is 0.202. The molecular formula is C13H17BrN2O4. The number of fused-ring (bicyclic) bond motifs is 1. The standard InChI is InChI=1S/C13H17BrN2O4/c1-18-2-3-19-4-5-20-11-7-10-8(6-9(11)14)12(15)13(17)16-10/h6-7,12H,2-5,15H2,1H3,(H,16,17). The first kappa shape index (κ1) is 15.2. The number of anilines is 1. The van der Waals surface area contributed by atoms with Gasteiger partial charge in [-0.05, 0) is 22.0 Å². The van der Waals surface area contributed by atoms with Crippen molar-refractivity contribution < 1.29 is 19.0 Å². The molecule has 0 fully saturated rings. The Morgan fingerprint density at radius 3 is 2.80 bits per heavy atom. The maximum absolute atomic E-state index is 11.5. The fraction of sp³-hybridized carbons (Fsp3) is 0.462. The SMILES string of the molecule is COCCOCCOc1cc2c(cc1Br)C(N)C(=O)N2. The largest absolute Gasteiger partial charge is 0.490 e. The van der Waals surface area contributed by atoms with Crippen LogP contribution in [0.25, 0.3) is 0 Å². The number of rotatable bonds is 7. The predicted octanol–water partition coefficient (Wildman–Crippen LogP) is 1.44. The van der Waals surface area contributed by atoms with Crippen molar-refractivity contribution in [3.63, 3.8) is 0 Å². The zero-order valence-electron chi connectivity index (χ0n) is 11.1. The molecule has 20 heavy (non-hydrogen) atoms. The van der Waals surface area contributed by atoms with Crippen molar-refractivity contribution in [3.8, 4) is 5.75 Å². The summed E-state index contributed by atoms with van der Waals surface area (Å²) < 4.78 is 16.6. The van der Waals surface area contributed by atoms with Gasteiger partial charge in [0.1, 0.15) is 18.4 Å². The van der Waals surface area contributed by atoms with E-state index in [-0.39, 0.29) is 5.91 Å². The summed E-state index contributed by atoms with van der Waals surface area (Å²) in [7, 11) is 1.63. The molecule has 0 aliphatic carbocycles. The van der Waals surface area contributed by atoms with Crippen molar-refractivity contribution in [2.75, 3.05) is 38.9 Å². The summed E-state index contributed by atoms with van der Waals surface area (Å²) in [5.41, 5.74) is 7.24. The molecule has 6 nitrogen and oxygen atoms in total. The maximum atomic E-state index is 11.5. The van der Waals surface area contributed by atoms with E-state index in [1.165, 1.54) is 0 Å². The minimum Gasteiger partial charge on any atom is -0.490 e. The Morgan fingerprint density at radius 2 is 2.05 bits per heavy atom. The van der Waals surface area contributed by atoms with Crippen LogP contribution in [-0.4, -0.2) is 39.4 Å². The Kier molecular flexibility index (Phi) is 5.36. The third-order valence-electron chi connectivity index (χ3n) is 2.90. The molecule has 1 unspecified atom stereocenters. The summed E-state index contributed by atoms with van der Waals surface area (Å²) in [5.74, 6) is 0.445. The Labute approximate surface area is 125 Å². The molecule has 1 amide bonds. The molecule has 0 spiro atoms. The smallest absolute Gasteiger partial charge is 0.245 e. The van der Waals surface area contributed by atoms with Crippen LogP contribution in [-0.2, 0) is 14.3 Å². The molecule has 1 aliphatic heterocycles. The molecule has 110 valence electrons. The second kappa shape index (κ2) is 7.03. The number of ether oxygens (including phenoxy) is 3. The third-order valence-corrected chi connectivity index (χ3v) is 3.52. The van der Waals surface area contributed by atoms with Gasteiger partial charge < -0.3 is 25.3 Å². The molecule has 0 saturated carbocycles. The first-order valence-electron chi connectivity index (χ1n) is 6.23. The van der Waals surface area contributed by atoms with E-state index < -0.39 is 6.04 Å². The van der Waals surface area contributed by atoms with Crippen molar-refractivity contribution in [3.05, 3.63) is 22.2 Å². The summed E-state index contributed by atoms with van der Waals surface area (Å²) in [6.07, 6.45) is 0. The average molecular weight is 345 g/mol. The Morgan fingerprint density at radius 1 is 1.30 bits per heavy atom. The molecule has 0 radical (unpaired) electrons. The molecular weight excluding hydrogens is 328 g/mol. The van der Waals surface area contributed by atoms with Crippen LogP contribution in [0.15, 0.2) is 16.6 Å². The lowest BCUT2D eigenvalue weighted by molar-refractivity contribution is -0.116. The van der Waals surface area contributed by atoms with Gasteiger partial charge in [-0.2, -0.15) is 0 Å². The lowest BCUT2D eigenvalue weighted by atomic mass is 10.1. The molecule has 0 saturated heterocycles. The number of nitrogens with one attached hydrogen (secondary N) is 1. The fourth-order valence-electron chi connectivity index (χ4n) is 1.85.